The molecule has 0 bridgehead atoms. The van der Waals surface area contributed by atoms with Crippen LogP contribution < -0.4 is 5.32 Å². The summed E-state index contributed by atoms with van der Waals surface area (Å²) in [6.45, 7) is 2.86. The van der Waals surface area contributed by atoms with Gasteiger partial charge in [0.2, 0.25) is 0 Å². The van der Waals surface area contributed by atoms with Gasteiger partial charge in [-0.05, 0) is 18.6 Å². The number of nitrogens with zero attached hydrogens (tertiary/aromatic N) is 3. The lowest BCUT2D eigenvalue weighted by molar-refractivity contribution is -0.384. The maximum absolute atomic E-state index is 12.2. The van der Waals surface area contributed by atoms with Gasteiger partial charge in [-0.25, -0.2) is 0 Å². The monoisotopic (exact) mass is 290 g/mol. The summed E-state index contributed by atoms with van der Waals surface area (Å²) >= 11 is 0. The number of hydrogen-bond acceptors (Lipinski definition) is 5. The van der Waals surface area contributed by atoms with E-state index in [0.717, 1.165) is 6.42 Å². The largest absolute Gasteiger partial charge is 0.379 e. The summed E-state index contributed by atoms with van der Waals surface area (Å²) in [5, 5.41) is 22.5. The van der Waals surface area contributed by atoms with E-state index in [2.05, 4.69) is 5.32 Å². The van der Waals surface area contributed by atoms with Crippen LogP contribution in [0.5, 0.6) is 0 Å². The van der Waals surface area contributed by atoms with E-state index in [0.29, 0.717) is 24.3 Å². The van der Waals surface area contributed by atoms with Gasteiger partial charge in [-0.15, -0.1) is 0 Å². The number of amides is 1. The number of carbonyl (C=O) groups is 1. The standard InChI is InChI=1S/C14H18N4O3/c1-3-8-16-12-10-11(5-6-13(12)18(20)21)14(19)17(2)9-4-7-15/h5-6,10,16H,3-4,8-9H2,1-2H3. The fourth-order valence-electron chi connectivity index (χ4n) is 1.77. The summed E-state index contributed by atoms with van der Waals surface area (Å²) in [5.74, 6) is -0.264. The van der Waals surface area contributed by atoms with Gasteiger partial charge in [-0.1, -0.05) is 6.92 Å². The molecule has 0 aliphatic carbocycles. The summed E-state index contributed by atoms with van der Waals surface area (Å²) in [6, 6.07) is 6.21. The molecule has 1 aromatic rings. The molecule has 7 nitrogen and oxygen atoms in total. The lowest BCUT2D eigenvalue weighted by Gasteiger charge is -2.16. The van der Waals surface area contributed by atoms with E-state index >= 15 is 0 Å². The Morgan fingerprint density at radius 1 is 1.52 bits per heavy atom. The van der Waals surface area contributed by atoms with E-state index in [9.17, 15) is 14.9 Å². The topological polar surface area (TPSA) is 99.3 Å². The van der Waals surface area contributed by atoms with Crippen LogP contribution in [0.1, 0.15) is 30.1 Å². The highest BCUT2D eigenvalue weighted by atomic mass is 16.6. The minimum atomic E-state index is -0.481. The molecule has 0 spiro atoms. The van der Waals surface area contributed by atoms with Crippen molar-refractivity contribution in [3.63, 3.8) is 0 Å². The summed E-state index contributed by atoms with van der Waals surface area (Å²) in [7, 11) is 1.60. The Balaban J connectivity index is 3.01. The second-order valence-corrected chi connectivity index (χ2v) is 4.55. The highest BCUT2D eigenvalue weighted by Crippen LogP contribution is 2.26. The van der Waals surface area contributed by atoms with E-state index in [4.69, 9.17) is 5.26 Å². The average Bonchev–Trinajstić information content (AvgIpc) is 2.49. The normalized spacial score (nSPS) is 9.76. The number of rotatable bonds is 7. The molecule has 1 rings (SSSR count). The Hall–Kier alpha value is -2.62. The van der Waals surface area contributed by atoms with Crippen LogP contribution in [0.2, 0.25) is 0 Å². The molecule has 0 saturated carbocycles. The number of anilines is 1. The molecule has 1 amide bonds. The predicted octanol–water partition coefficient (Wildman–Crippen LogP) is 2.40. The molecule has 0 aliphatic rings. The van der Waals surface area contributed by atoms with Gasteiger partial charge in [0.25, 0.3) is 11.6 Å². The van der Waals surface area contributed by atoms with Crippen LogP contribution in [0.3, 0.4) is 0 Å². The first-order valence-electron chi connectivity index (χ1n) is 6.66. The lowest BCUT2D eigenvalue weighted by atomic mass is 10.1. The van der Waals surface area contributed by atoms with Crippen molar-refractivity contribution in [1.29, 1.82) is 5.26 Å². The highest BCUT2D eigenvalue weighted by molar-refractivity contribution is 5.95. The second-order valence-electron chi connectivity index (χ2n) is 4.55. The van der Waals surface area contributed by atoms with Crippen LogP contribution in [0.4, 0.5) is 11.4 Å². The molecule has 1 aromatic carbocycles. The Kier molecular flexibility index (Phi) is 6.14. The molecule has 0 unspecified atom stereocenters. The van der Waals surface area contributed by atoms with Crippen LogP contribution in [0.25, 0.3) is 0 Å². The van der Waals surface area contributed by atoms with Gasteiger partial charge in [0, 0.05) is 31.8 Å². The molecule has 0 aliphatic heterocycles. The van der Waals surface area contributed by atoms with E-state index in [1.54, 1.807) is 7.05 Å². The van der Waals surface area contributed by atoms with E-state index in [-0.39, 0.29) is 18.0 Å². The molecular weight excluding hydrogens is 272 g/mol. The lowest BCUT2D eigenvalue weighted by Crippen LogP contribution is -2.27. The van der Waals surface area contributed by atoms with Crippen LogP contribution in [-0.2, 0) is 0 Å². The number of benzene rings is 1. The predicted molar refractivity (Wildman–Crippen MR) is 79.1 cm³/mol. The van der Waals surface area contributed by atoms with E-state index < -0.39 is 4.92 Å². The van der Waals surface area contributed by atoms with Gasteiger partial charge in [0.05, 0.1) is 17.4 Å². The molecule has 0 atom stereocenters. The highest BCUT2D eigenvalue weighted by Gasteiger charge is 2.18. The molecule has 1 N–H and O–H groups in total. The van der Waals surface area contributed by atoms with Gasteiger partial charge < -0.3 is 10.2 Å². The SMILES string of the molecule is CCCNc1cc(C(=O)N(C)CCC#N)ccc1[N+](=O)[O-]. The zero-order valence-corrected chi connectivity index (χ0v) is 12.1. The number of hydrogen-bond donors (Lipinski definition) is 1. The fraction of sp³-hybridized carbons (Fsp3) is 0.429. The molecule has 7 heteroatoms. The van der Waals surface area contributed by atoms with Crippen LogP contribution >= 0.6 is 0 Å². The van der Waals surface area contributed by atoms with Crippen molar-refractivity contribution >= 4 is 17.3 Å². The molecule has 0 fully saturated rings. The summed E-state index contributed by atoms with van der Waals surface area (Å²) in [6.07, 6.45) is 1.06. The molecular formula is C14H18N4O3. The second kappa shape index (κ2) is 7.85. The van der Waals surface area contributed by atoms with Gasteiger partial charge in [0.15, 0.2) is 0 Å². The molecule has 0 saturated heterocycles. The number of nitro groups is 1. The van der Waals surface area contributed by atoms with Crippen molar-refractivity contribution in [3.8, 4) is 6.07 Å². The number of nitrogens with one attached hydrogen (secondary N) is 1. The Morgan fingerprint density at radius 3 is 2.81 bits per heavy atom. The summed E-state index contributed by atoms with van der Waals surface area (Å²) in [4.78, 5) is 24.1. The van der Waals surface area contributed by atoms with Gasteiger partial charge in [-0.2, -0.15) is 5.26 Å². The number of nitro benzene ring substituents is 1. The molecule has 0 heterocycles. The summed E-state index contributed by atoms with van der Waals surface area (Å²) in [5.41, 5.74) is 0.640. The Labute approximate surface area is 123 Å². The summed E-state index contributed by atoms with van der Waals surface area (Å²) < 4.78 is 0. The first-order valence-corrected chi connectivity index (χ1v) is 6.66. The van der Waals surface area contributed by atoms with Gasteiger partial charge in [-0.3, -0.25) is 14.9 Å². The molecule has 0 radical (unpaired) electrons. The van der Waals surface area contributed by atoms with Crippen molar-refractivity contribution in [2.45, 2.75) is 19.8 Å². The quantitative estimate of drug-likeness (QED) is 0.614. The van der Waals surface area contributed by atoms with Crippen molar-refractivity contribution in [1.82, 2.24) is 4.90 Å². The van der Waals surface area contributed by atoms with Crippen LogP contribution in [0, 0.1) is 21.4 Å². The third-order valence-electron chi connectivity index (χ3n) is 2.91. The van der Waals surface area contributed by atoms with Crippen molar-refractivity contribution in [2.24, 2.45) is 0 Å². The van der Waals surface area contributed by atoms with Crippen molar-refractivity contribution in [3.05, 3.63) is 33.9 Å². The van der Waals surface area contributed by atoms with Gasteiger partial charge >= 0.3 is 0 Å². The first-order chi connectivity index (χ1) is 10.0. The van der Waals surface area contributed by atoms with Crippen LogP contribution in [0.15, 0.2) is 18.2 Å². The third kappa shape index (κ3) is 4.45. The third-order valence-corrected chi connectivity index (χ3v) is 2.91. The zero-order valence-electron chi connectivity index (χ0n) is 12.1. The fourth-order valence-corrected chi connectivity index (χ4v) is 1.77. The maximum atomic E-state index is 12.2. The smallest absolute Gasteiger partial charge is 0.292 e. The Bertz CT molecular complexity index is 566. The molecule has 21 heavy (non-hydrogen) atoms. The van der Waals surface area contributed by atoms with Crippen molar-refractivity contribution in [2.75, 3.05) is 25.5 Å². The number of carbonyl (C=O) groups excluding carboxylic acids is 1. The maximum Gasteiger partial charge on any atom is 0.292 e. The zero-order chi connectivity index (χ0) is 15.8. The van der Waals surface area contributed by atoms with Crippen LogP contribution in [-0.4, -0.2) is 35.9 Å². The van der Waals surface area contributed by atoms with Gasteiger partial charge in [0.1, 0.15) is 5.69 Å². The minimum absolute atomic E-state index is 0.0559. The minimum Gasteiger partial charge on any atom is -0.379 e. The first kappa shape index (κ1) is 16.4. The van der Waals surface area contributed by atoms with E-state index in [1.165, 1.54) is 23.1 Å². The van der Waals surface area contributed by atoms with E-state index in [1.807, 2.05) is 13.0 Å². The average molecular weight is 290 g/mol. The number of nitriles is 1. The molecule has 0 aromatic heterocycles. The van der Waals surface area contributed by atoms with Crippen molar-refractivity contribution < 1.29 is 9.72 Å². The molecule has 112 valence electrons. The Morgan fingerprint density at radius 2 is 2.24 bits per heavy atom.